The number of aliphatic hydroxyl groups is 1. The Hall–Kier alpha value is -1.06. The molecule has 1 atom stereocenters. The molecule has 1 aromatic rings. The third kappa shape index (κ3) is 7.30. The number of para-hydroxylation sites is 1. The fraction of sp³-hybridized carbons (Fsp3) is 0.600. The lowest BCUT2D eigenvalue weighted by atomic mass is 9.89. The molecule has 0 saturated heterocycles. The predicted octanol–water partition coefficient (Wildman–Crippen LogP) is 2.45. The Balaban J connectivity index is 2.05. The smallest absolute Gasteiger partial charge is 0.119 e. The van der Waals surface area contributed by atoms with Crippen molar-refractivity contribution >= 4 is 0 Å². The lowest BCUT2D eigenvalue weighted by Crippen LogP contribution is -2.32. The SMILES string of the molecule is CC(C)(C)CC(O)CNCCOc1ccccc1. The van der Waals surface area contributed by atoms with Crippen molar-refractivity contribution in [3.63, 3.8) is 0 Å². The van der Waals surface area contributed by atoms with Gasteiger partial charge in [0.25, 0.3) is 0 Å². The van der Waals surface area contributed by atoms with E-state index in [1.54, 1.807) is 0 Å². The van der Waals surface area contributed by atoms with Crippen LogP contribution in [0.15, 0.2) is 30.3 Å². The molecule has 0 amide bonds. The van der Waals surface area contributed by atoms with Crippen LogP contribution in [-0.4, -0.2) is 30.9 Å². The summed E-state index contributed by atoms with van der Waals surface area (Å²) in [5.41, 5.74) is 0.168. The highest BCUT2D eigenvalue weighted by Crippen LogP contribution is 2.20. The zero-order valence-electron chi connectivity index (χ0n) is 11.6. The monoisotopic (exact) mass is 251 g/mol. The van der Waals surface area contributed by atoms with Crippen LogP contribution in [0.1, 0.15) is 27.2 Å². The van der Waals surface area contributed by atoms with E-state index in [0.29, 0.717) is 13.2 Å². The van der Waals surface area contributed by atoms with Crippen LogP contribution >= 0.6 is 0 Å². The summed E-state index contributed by atoms with van der Waals surface area (Å²) in [5.74, 6) is 0.884. The molecule has 2 N–H and O–H groups in total. The summed E-state index contributed by atoms with van der Waals surface area (Å²) < 4.78 is 5.54. The van der Waals surface area contributed by atoms with Crippen molar-refractivity contribution in [3.8, 4) is 5.75 Å². The molecule has 3 heteroatoms. The molecule has 3 nitrogen and oxygen atoms in total. The van der Waals surface area contributed by atoms with Crippen molar-refractivity contribution in [1.29, 1.82) is 0 Å². The summed E-state index contributed by atoms with van der Waals surface area (Å²) in [5, 5.41) is 13.0. The van der Waals surface area contributed by atoms with E-state index in [2.05, 4.69) is 26.1 Å². The quantitative estimate of drug-likeness (QED) is 0.731. The van der Waals surface area contributed by atoms with Crippen LogP contribution in [0, 0.1) is 5.41 Å². The molecule has 1 rings (SSSR count). The summed E-state index contributed by atoms with van der Waals surface area (Å²) in [6.45, 7) is 8.38. The largest absolute Gasteiger partial charge is 0.492 e. The summed E-state index contributed by atoms with van der Waals surface area (Å²) in [6.07, 6.45) is 0.515. The van der Waals surface area contributed by atoms with Crippen molar-refractivity contribution in [3.05, 3.63) is 30.3 Å². The fourth-order valence-corrected chi connectivity index (χ4v) is 1.81. The highest BCUT2D eigenvalue weighted by Gasteiger charge is 2.15. The van der Waals surface area contributed by atoms with Crippen LogP contribution in [0.3, 0.4) is 0 Å². The van der Waals surface area contributed by atoms with E-state index in [4.69, 9.17) is 4.74 Å². The van der Waals surface area contributed by atoms with Gasteiger partial charge in [0.15, 0.2) is 0 Å². The van der Waals surface area contributed by atoms with Gasteiger partial charge in [0.2, 0.25) is 0 Å². The second-order valence-electron chi connectivity index (χ2n) is 5.78. The maximum absolute atomic E-state index is 9.80. The Labute approximate surface area is 110 Å². The number of nitrogens with one attached hydrogen (secondary N) is 1. The number of hydrogen-bond donors (Lipinski definition) is 2. The van der Waals surface area contributed by atoms with Gasteiger partial charge in [-0.15, -0.1) is 0 Å². The Bertz CT molecular complexity index is 319. The van der Waals surface area contributed by atoms with E-state index in [1.165, 1.54) is 0 Å². The third-order valence-corrected chi connectivity index (χ3v) is 2.52. The van der Waals surface area contributed by atoms with E-state index in [9.17, 15) is 5.11 Å². The zero-order chi connectivity index (χ0) is 13.4. The van der Waals surface area contributed by atoms with Gasteiger partial charge in [0.1, 0.15) is 12.4 Å². The van der Waals surface area contributed by atoms with Gasteiger partial charge in [-0.3, -0.25) is 0 Å². The van der Waals surface area contributed by atoms with E-state index >= 15 is 0 Å². The van der Waals surface area contributed by atoms with Gasteiger partial charge in [-0.05, 0) is 24.0 Å². The van der Waals surface area contributed by atoms with Crippen molar-refractivity contribution in [1.82, 2.24) is 5.32 Å². The molecule has 0 radical (unpaired) electrons. The normalized spacial score (nSPS) is 13.3. The van der Waals surface area contributed by atoms with Gasteiger partial charge >= 0.3 is 0 Å². The average Bonchev–Trinajstić information content (AvgIpc) is 2.27. The summed E-state index contributed by atoms with van der Waals surface area (Å²) in [6, 6.07) is 9.75. The van der Waals surface area contributed by atoms with E-state index < -0.39 is 0 Å². The van der Waals surface area contributed by atoms with Gasteiger partial charge in [-0.2, -0.15) is 0 Å². The summed E-state index contributed by atoms with van der Waals surface area (Å²) in [7, 11) is 0. The van der Waals surface area contributed by atoms with Gasteiger partial charge in [0, 0.05) is 13.1 Å². The zero-order valence-corrected chi connectivity index (χ0v) is 11.6. The Morgan fingerprint density at radius 1 is 1.22 bits per heavy atom. The number of ether oxygens (including phenoxy) is 1. The first-order valence-electron chi connectivity index (χ1n) is 6.54. The molecular weight excluding hydrogens is 226 g/mol. The van der Waals surface area contributed by atoms with Crippen molar-refractivity contribution in [2.75, 3.05) is 19.7 Å². The third-order valence-electron chi connectivity index (χ3n) is 2.52. The molecule has 0 aliphatic heterocycles. The molecule has 0 bridgehead atoms. The topological polar surface area (TPSA) is 41.5 Å². The first kappa shape index (κ1) is 15.0. The Kier molecular flexibility index (Phi) is 6.16. The molecule has 0 spiro atoms. The molecule has 0 heterocycles. The summed E-state index contributed by atoms with van der Waals surface area (Å²) >= 11 is 0. The van der Waals surface area contributed by atoms with Crippen LogP contribution in [0.25, 0.3) is 0 Å². The Morgan fingerprint density at radius 2 is 1.89 bits per heavy atom. The first-order chi connectivity index (χ1) is 8.47. The molecule has 0 fully saturated rings. The summed E-state index contributed by atoms with van der Waals surface area (Å²) in [4.78, 5) is 0. The van der Waals surface area contributed by atoms with Crippen molar-refractivity contribution < 1.29 is 9.84 Å². The minimum atomic E-state index is -0.290. The molecule has 0 saturated carbocycles. The molecule has 18 heavy (non-hydrogen) atoms. The van der Waals surface area contributed by atoms with Gasteiger partial charge in [-0.25, -0.2) is 0 Å². The average molecular weight is 251 g/mol. The van der Waals surface area contributed by atoms with E-state index in [-0.39, 0.29) is 11.5 Å². The standard InChI is InChI=1S/C15H25NO2/c1-15(2,3)11-13(17)12-16-9-10-18-14-7-5-4-6-8-14/h4-8,13,16-17H,9-12H2,1-3H3. The van der Waals surface area contributed by atoms with Crippen LogP contribution in [0.2, 0.25) is 0 Å². The fourth-order valence-electron chi connectivity index (χ4n) is 1.81. The molecule has 0 aliphatic carbocycles. The van der Waals surface area contributed by atoms with Crippen LogP contribution < -0.4 is 10.1 Å². The minimum absolute atomic E-state index is 0.168. The van der Waals surface area contributed by atoms with Gasteiger partial charge < -0.3 is 15.2 Å². The molecule has 1 unspecified atom stereocenters. The Morgan fingerprint density at radius 3 is 2.50 bits per heavy atom. The van der Waals surface area contributed by atoms with E-state index in [1.807, 2.05) is 30.3 Å². The lowest BCUT2D eigenvalue weighted by Gasteiger charge is -2.22. The molecule has 102 valence electrons. The van der Waals surface area contributed by atoms with E-state index in [0.717, 1.165) is 18.7 Å². The highest BCUT2D eigenvalue weighted by atomic mass is 16.5. The van der Waals surface area contributed by atoms with Crippen LogP contribution in [0.5, 0.6) is 5.75 Å². The van der Waals surface area contributed by atoms with Gasteiger partial charge in [-0.1, -0.05) is 39.0 Å². The van der Waals surface area contributed by atoms with Gasteiger partial charge in [0.05, 0.1) is 6.10 Å². The highest BCUT2D eigenvalue weighted by molar-refractivity contribution is 5.20. The van der Waals surface area contributed by atoms with Crippen LogP contribution in [-0.2, 0) is 0 Å². The maximum atomic E-state index is 9.80. The number of rotatable bonds is 7. The lowest BCUT2D eigenvalue weighted by molar-refractivity contribution is 0.118. The van der Waals surface area contributed by atoms with Crippen molar-refractivity contribution in [2.24, 2.45) is 5.41 Å². The minimum Gasteiger partial charge on any atom is -0.492 e. The molecule has 0 aliphatic rings. The molecule has 1 aromatic carbocycles. The maximum Gasteiger partial charge on any atom is 0.119 e. The number of aliphatic hydroxyl groups excluding tert-OH is 1. The molecular formula is C15H25NO2. The predicted molar refractivity (Wildman–Crippen MR) is 74.9 cm³/mol. The first-order valence-corrected chi connectivity index (χ1v) is 6.54. The second kappa shape index (κ2) is 7.39. The van der Waals surface area contributed by atoms with Crippen LogP contribution in [0.4, 0.5) is 0 Å². The second-order valence-corrected chi connectivity index (χ2v) is 5.78. The van der Waals surface area contributed by atoms with Crippen molar-refractivity contribution in [2.45, 2.75) is 33.3 Å². The number of hydrogen-bond acceptors (Lipinski definition) is 3. The molecule has 0 aromatic heterocycles. The number of benzene rings is 1.